The third kappa shape index (κ3) is 20.6. The number of unbranched alkanes of at least 4 members (excludes halogenated alkanes) is 1. The van der Waals surface area contributed by atoms with E-state index in [-0.39, 0.29) is 12.5 Å². The molecular weight excluding hydrogens is 650 g/mol. The topological polar surface area (TPSA) is 90.9 Å². The first-order valence-electron chi connectivity index (χ1n) is 17.7. The van der Waals surface area contributed by atoms with Crippen molar-refractivity contribution in [2.45, 2.75) is 95.6 Å². The van der Waals surface area contributed by atoms with Gasteiger partial charge in [-0.25, -0.2) is 14.0 Å². The number of rotatable bonds is 24. The monoisotopic (exact) mass is 705 g/mol. The predicted octanol–water partition coefficient (Wildman–Crippen LogP) is 10.1. The van der Waals surface area contributed by atoms with Gasteiger partial charge in [-0.05, 0) is 99.1 Å². The first-order valence-corrected chi connectivity index (χ1v) is 18.5. The van der Waals surface area contributed by atoms with Crippen molar-refractivity contribution in [2.24, 2.45) is 5.92 Å². The van der Waals surface area contributed by atoms with Gasteiger partial charge in [-0.15, -0.1) is 0 Å². The van der Waals surface area contributed by atoms with E-state index in [0.29, 0.717) is 25.3 Å². The molecule has 50 heavy (non-hydrogen) atoms. The Morgan fingerprint density at radius 3 is 1.98 bits per heavy atom. The fourth-order valence-electron chi connectivity index (χ4n) is 4.94. The zero-order valence-corrected chi connectivity index (χ0v) is 30.7. The van der Waals surface area contributed by atoms with Crippen molar-refractivity contribution < 1.29 is 24.2 Å². The van der Waals surface area contributed by atoms with Crippen molar-refractivity contribution in [1.29, 1.82) is 0 Å². The number of anilines is 1. The number of benzene rings is 2. The Morgan fingerprint density at radius 1 is 0.840 bits per heavy atom. The molecule has 2 unspecified atom stereocenters. The van der Waals surface area contributed by atoms with Crippen LogP contribution in [0, 0.1) is 5.92 Å². The predicted molar refractivity (Wildman–Crippen MR) is 206 cm³/mol. The van der Waals surface area contributed by atoms with Gasteiger partial charge in [-0.3, -0.25) is 4.79 Å². The molecule has 2 amide bonds. The van der Waals surface area contributed by atoms with Crippen LogP contribution in [0.5, 0.6) is 0 Å². The molecule has 272 valence electrons. The van der Waals surface area contributed by atoms with Crippen molar-refractivity contribution in [3.05, 3.63) is 121 Å². The third-order valence-corrected chi connectivity index (χ3v) is 8.44. The first kappa shape index (κ1) is 42.2. The van der Waals surface area contributed by atoms with Gasteiger partial charge in [0.2, 0.25) is 5.91 Å². The van der Waals surface area contributed by atoms with Crippen molar-refractivity contribution in [3.8, 4) is 0 Å². The fourth-order valence-corrected chi connectivity index (χ4v) is 6.09. The molecule has 2 aromatic carbocycles. The minimum atomic E-state index is -1.24. The van der Waals surface area contributed by atoms with E-state index >= 15 is 0 Å². The summed E-state index contributed by atoms with van der Waals surface area (Å²) in [5.74, 6) is 0.283. The van der Waals surface area contributed by atoms with E-state index in [1.807, 2.05) is 58.9 Å². The number of nitrogens with one attached hydrogen (secondary N) is 2. The first-order chi connectivity index (χ1) is 24.3. The Bertz CT molecular complexity index is 1360. The Kier molecular flexibility index (Phi) is 22.7. The lowest BCUT2D eigenvalue weighted by molar-refractivity contribution is -0.116. The summed E-state index contributed by atoms with van der Waals surface area (Å²) in [5.41, 5.74) is 1.62. The SMILES string of the molecule is CC/C=C\C/C=C\C/C=C\C/C=C\C/C=C\CCCC(=O)Nc1ccc(SN(CC(C)C)CC(O)C(Cc2ccccc2)NC(=O)OF)cc1. The fraction of sp³-hybridized carbons (Fsp3) is 0.415. The second kappa shape index (κ2) is 26.9. The van der Waals surface area contributed by atoms with Gasteiger partial charge >= 0.3 is 6.09 Å². The average Bonchev–Trinajstić information content (AvgIpc) is 3.10. The summed E-state index contributed by atoms with van der Waals surface area (Å²) in [5, 5.41) is 16.5. The van der Waals surface area contributed by atoms with Crippen LogP contribution in [-0.4, -0.2) is 46.6 Å². The van der Waals surface area contributed by atoms with Crippen LogP contribution in [0.15, 0.2) is 120 Å². The Hall–Kier alpha value is -3.92. The van der Waals surface area contributed by atoms with Gasteiger partial charge in [0, 0.05) is 34.6 Å². The maximum absolute atomic E-state index is 12.5. The molecule has 2 rings (SSSR count). The zero-order valence-electron chi connectivity index (χ0n) is 29.9. The summed E-state index contributed by atoms with van der Waals surface area (Å²) < 4.78 is 14.6. The number of hydrogen-bond acceptors (Lipinski definition) is 6. The molecule has 0 fully saturated rings. The lowest BCUT2D eigenvalue weighted by atomic mass is 10.0. The summed E-state index contributed by atoms with van der Waals surface area (Å²) in [7, 11) is 0. The number of hydrogen-bond donors (Lipinski definition) is 3. The highest BCUT2D eigenvalue weighted by Gasteiger charge is 2.26. The second-order valence-corrected chi connectivity index (χ2v) is 13.5. The van der Waals surface area contributed by atoms with E-state index in [9.17, 15) is 19.2 Å². The number of aliphatic hydroxyl groups excluding tert-OH is 1. The zero-order chi connectivity index (χ0) is 36.2. The van der Waals surface area contributed by atoms with Crippen LogP contribution in [0.3, 0.4) is 0 Å². The number of carbonyl (C=O) groups excluding carboxylic acids is 2. The van der Waals surface area contributed by atoms with Gasteiger partial charge < -0.3 is 15.7 Å². The Morgan fingerprint density at radius 2 is 1.42 bits per heavy atom. The van der Waals surface area contributed by atoms with E-state index in [0.717, 1.165) is 61.1 Å². The molecule has 2 atom stereocenters. The largest absolute Gasteiger partial charge is 0.445 e. The lowest BCUT2D eigenvalue weighted by Gasteiger charge is -2.30. The number of nitrogens with zero attached hydrogens (tertiary/aromatic N) is 1. The number of carbonyl (C=O) groups is 2. The van der Waals surface area contributed by atoms with Gasteiger partial charge in [-0.1, -0.05) is 112 Å². The number of amides is 2. The maximum Gasteiger partial charge on any atom is 0.445 e. The Balaban J connectivity index is 1.74. The van der Waals surface area contributed by atoms with E-state index in [4.69, 9.17) is 0 Å². The summed E-state index contributed by atoms with van der Waals surface area (Å²) in [4.78, 5) is 28.5. The highest BCUT2D eigenvalue weighted by atomic mass is 32.2. The highest BCUT2D eigenvalue weighted by Crippen LogP contribution is 2.26. The molecule has 0 saturated carbocycles. The normalized spacial score (nSPS) is 13.4. The Labute approximate surface area is 303 Å². The number of halogens is 1. The molecule has 0 aromatic heterocycles. The van der Waals surface area contributed by atoms with E-state index < -0.39 is 18.2 Å². The molecule has 0 saturated heterocycles. The maximum atomic E-state index is 12.5. The van der Waals surface area contributed by atoms with Crippen molar-refractivity contribution in [2.75, 3.05) is 18.4 Å². The van der Waals surface area contributed by atoms with Crippen LogP contribution in [0.2, 0.25) is 0 Å². The molecule has 0 heterocycles. The van der Waals surface area contributed by atoms with Gasteiger partial charge in [0.15, 0.2) is 0 Å². The molecule has 2 aromatic rings. The lowest BCUT2D eigenvalue weighted by Crippen LogP contribution is -2.48. The molecule has 3 N–H and O–H groups in total. The molecule has 0 aliphatic heterocycles. The standard InChI is InChI=1S/C41H56FN3O4S/c1-4-5-6-7-8-9-10-11-12-13-14-15-16-17-18-19-23-26-40(47)43-36-27-29-37(30-28-36)50-45(32-34(2)3)33-39(46)38(44-41(48)49-42)31-35-24-21-20-22-25-35/h5-6,8-9,11-12,14-15,17-18,20-22,24-25,27-30,34,38-39,46H,4,7,10,13,16,19,23,26,31-33H2,1-3H3,(H,43,47)(H,44,48)/b6-5-,9-8-,12-11-,15-14-,18-17-. The van der Waals surface area contributed by atoms with Crippen LogP contribution >= 0.6 is 11.9 Å². The molecule has 0 aliphatic rings. The van der Waals surface area contributed by atoms with E-state index in [2.05, 4.69) is 97.1 Å². The molecule has 0 bridgehead atoms. The average molecular weight is 706 g/mol. The molecule has 0 spiro atoms. The molecule has 0 aliphatic carbocycles. The number of aliphatic hydroxyl groups is 1. The second-order valence-electron chi connectivity index (χ2n) is 12.4. The van der Waals surface area contributed by atoms with Crippen molar-refractivity contribution >= 4 is 29.6 Å². The highest BCUT2D eigenvalue weighted by molar-refractivity contribution is 7.97. The molecule has 9 heteroatoms. The van der Waals surface area contributed by atoms with Crippen LogP contribution in [0.1, 0.15) is 77.7 Å². The van der Waals surface area contributed by atoms with Crippen molar-refractivity contribution in [3.63, 3.8) is 0 Å². The van der Waals surface area contributed by atoms with Crippen LogP contribution in [-0.2, 0) is 16.2 Å². The summed E-state index contributed by atoms with van der Waals surface area (Å²) >= 11 is 1.48. The van der Waals surface area contributed by atoms with Crippen LogP contribution in [0.25, 0.3) is 0 Å². The summed E-state index contributed by atoms with van der Waals surface area (Å²) in [6.07, 6.45) is 26.8. The molecule has 0 radical (unpaired) electrons. The summed E-state index contributed by atoms with van der Waals surface area (Å²) in [6, 6.07) is 16.2. The van der Waals surface area contributed by atoms with Crippen molar-refractivity contribution in [1.82, 2.24) is 9.62 Å². The van der Waals surface area contributed by atoms with Crippen LogP contribution in [0.4, 0.5) is 15.0 Å². The van der Waals surface area contributed by atoms with Crippen LogP contribution < -0.4 is 10.6 Å². The minimum absolute atomic E-state index is 0.0222. The minimum Gasteiger partial charge on any atom is -0.390 e. The molecule has 7 nitrogen and oxygen atoms in total. The van der Waals surface area contributed by atoms with Gasteiger partial charge in [-0.2, -0.15) is 0 Å². The smallest absolute Gasteiger partial charge is 0.390 e. The number of allylic oxidation sites excluding steroid dienone is 10. The van der Waals surface area contributed by atoms with Gasteiger partial charge in [0.25, 0.3) is 0 Å². The molecular formula is C41H56FN3O4S. The quantitative estimate of drug-likeness (QED) is 0.0572. The van der Waals surface area contributed by atoms with Gasteiger partial charge in [0.1, 0.15) is 0 Å². The van der Waals surface area contributed by atoms with E-state index in [1.54, 1.807) is 0 Å². The van der Waals surface area contributed by atoms with E-state index in [1.165, 1.54) is 11.9 Å². The summed E-state index contributed by atoms with van der Waals surface area (Å²) in [6.45, 7) is 7.21. The van der Waals surface area contributed by atoms with Gasteiger partial charge in [0.05, 0.1) is 12.1 Å². The third-order valence-electron chi connectivity index (χ3n) is 7.40.